The van der Waals surface area contributed by atoms with E-state index in [9.17, 15) is 9.59 Å². The van der Waals surface area contributed by atoms with Crippen LogP contribution < -0.4 is 0 Å². The van der Waals surface area contributed by atoms with Gasteiger partial charge in [0.2, 0.25) is 0 Å². The summed E-state index contributed by atoms with van der Waals surface area (Å²) in [5.41, 5.74) is 3.95. The number of benzene rings is 4. The van der Waals surface area contributed by atoms with Crippen LogP contribution in [0, 0.1) is 0 Å². The molecule has 0 bridgehead atoms. The van der Waals surface area contributed by atoms with Gasteiger partial charge in [0.25, 0.3) is 0 Å². The van der Waals surface area contributed by atoms with E-state index in [4.69, 9.17) is 0 Å². The molecule has 1 aliphatic carbocycles. The molecule has 5 rings (SSSR count). The first-order valence-corrected chi connectivity index (χ1v) is 8.54. The highest BCUT2D eigenvalue weighted by molar-refractivity contribution is 6.28. The van der Waals surface area contributed by atoms with Crippen molar-refractivity contribution in [3.05, 3.63) is 107 Å². The summed E-state index contributed by atoms with van der Waals surface area (Å²) in [5.74, 6) is -0.169. The second-order valence-electron chi connectivity index (χ2n) is 6.49. The first-order chi connectivity index (χ1) is 12.7. The van der Waals surface area contributed by atoms with Gasteiger partial charge in [0.15, 0.2) is 11.6 Å². The molecular weight excluding hydrogens is 320 g/mol. The van der Waals surface area contributed by atoms with Gasteiger partial charge in [-0.15, -0.1) is 0 Å². The maximum Gasteiger partial charge on any atom is 0.194 e. The molecule has 0 radical (unpaired) electrons. The van der Waals surface area contributed by atoms with Gasteiger partial charge in [-0.25, -0.2) is 0 Å². The molecule has 26 heavy (non-hydrogen) atoms. The highest BCUT2D eigenvalue weighted by atomic mass is 16.1. The van der Waals surface area contributed by atoms with Crippen molar-refractivity contribution in [1.29, 1.82) is 0 Å². The number of carbonyl (C=O) groups excluding carboxylic acids is 2. The molecule has 2 heteroatoms. The summed E-state index contributed by atoms with van der Waals surface area (Å²) in [7, 11) is 0. The van der Waals surface area contributed by atoms with Crippen molar-refractivity contribution in [3.63, 3.8) is 0 Å². The van der Waals surface area contributed by atoms with Crippen molar-refractivity contribution in [2.45, 2.75) is 0 Å². The Morgan fingerprint density at radius 2 is 1.04 bits per heavy atom. The van der Waals surface area contributed by atoms with Gasteiger partial charge in [-0.1, -0.05) is 72.8 Å². The van der Waals surface area contributed by atoms with Crippen LogP contribution in [0.3, 0.4) is 0 Å². The number of ketones is 2. The lowest BCUT2D eigenvalue weighted by Gasteiger charge is -2.18. The Morgan fingerprint density at radius 3 is 1.85 bits per heavy atom. The van der Waals surface area contributed by atoms with Crippen LogP contribution in [0.15, 0.2) is 84.9 Å². The average Bonchev–Trinajstić information content (AvgIpc) is 2.71. The van der Waals surface area contributed by atoms with Crippen LogP contribution in [0.4, 0.5) is 0 Å². The molecule has 4 aromatic carbocycles. The highest BCUT2D eigenvalue weighted by Crippen LogP contribution is 2.33. The highest BCUT2D eigenvalue weighted by Gasteiger charge is 2.29. The molecule has 122 valence electrons. The van der Waals surface area contributed by atoms with E-state index in [-0.39, 0.29) is 11.6 Å². The van der Waals surface area contributed by atoms with Crippen LogP contribution >= 0.6 is 0 Å². The SMILES string of the molecule is O=C1c2ccccc2C(=O)c2cc(-c3cccc4ccccc34)ccc21. The van der Waals surface area contributed by atoms with Crippen LogP contribution in [-0.4, -0.2) is 11.6 Å². The normalized spacial score (nSPS) is 12.8. The quantitative estimate of drug-likeness (QED) is 0.418. The van der Waals surface area contributed by atoms with Crippen LogP contribution in [0.5, 0.6) is 0 Å². The maximum absolute atomic E-state index is 12.9. The second-order valence-corrected chi connectivity index (χ2v) is 6.49. The molecule has 0 aromatic heterocycles. The Morgan fingerprint density at radius 1 is 0.462 bits per heavy atom. The summed E-state index contributed by atoms with van der Waals surface area (Å²) >= 11 is 0. The lowest BCUT2D eigenvalue weighted by Crippen LogP contribution is -2.20. The fraction of sp³-hybridized carbons (Fsp3) is 0. The van der Waals surface area contributed by atoms with Crippen LogP contribution in [0.25, 0.3) is 21.9 Å². The van der Waals surface area contributed by atoms with E-state index in [0.717, 1.165) is 21.9 Å². The molecular formula is C24H14O2. The molecule has 0 amide bonds. The van der Waals surface area contributed by atoms with Gasteiger partial charge in [-0.05, 0) is 34.0 Å². The summed E-state index contributed by atoms with van der Waals surface area (Å²) in [6.07, 6.45) is 0. The molecule has 0 spiro atoms. The Labute approximate surface area is 150 Å². The van der Waals surface area contributed by atoms with E-state index in [1.165, 1.54) is 0 Å². The summed E-state index contributed by atoms with van der Waals surface area (Å²) < 4.78 is 0. The van der Waals surface area contributed by atoms with Gasteiger partial charge in [-0.3, -0.25) is 9.59 Å². The van der Waals surface area contributed by atoms with Gasteiger partial charge < -0.3 is 0 Å². The molecule has 0 unspecified atom stereocenters. The Kier molecular flexibility index (Phi) is 3.13. The molecule has 0 aliphatic heterocycles. The average molecular weight is 334 g/mol. The van der Waals surface area contributed by atoms with E-state index < -0.39 is 0 Å². The molecule has 0 heterocycles. The second kappa shape index (κ2) is 5.50. The van der Waals surface area contributed by atoms with Crippen molar-refractivity contribution in [2.24, 2.45) is 0 Å². The zero-order valence-corrected chi connectivity index (χ0v) is 13.9. The number of hydrogen-bond donors (Lipinski definition) is 0. The smallest absolute Gasteiger partial charge is 0.194 e. The predicted octanol–water partition coefficient (Wildman–Crippen LogP) is 5.28. The minimum absolute atomic E-state index is 0.0836. The molecule has 4 aromatic rings. The third-order valence-corrected chi connectivity index (χ3v) is 5.03. The molecule has 0 N–H and O–H groups in total. The molecule has 0 atom stereocenters. The number of carbonyl (C=O) groups is 2. The van der Waals surface area contributed by atoms with Gasteiger partial charge in [0, 0.05) is 22.3 Å². The van der Waals surface area contributed by atoms with Crippen molar-refractivity contribution in [2.75, 3.05) is 0 Å². The summed E-state index contributed by atoms with van der Waals surface area (Å²) in [6.45, 7) is 0. The topological polar surface area (TPSA) is 34.1 Å². The monoisotopic (exact) mass is 334 g/mol. The molecule has 2 nitrogen and oxygen atoms in total. The number of rotatable bonds is 1. The van der Waals surface area contributed by atoms with E-state index >= 15 is 0 Å². The number of fused-ring (bicyclic) bond motifs is 3. The van der Waals surface area contributed by atoms with Crippen LogP contribution in [-0.2, 0) is 0 Å². The lowest BCUT2D eigenvalue weighted by molar-refractivity contribution is 0.0979. The van der Waals surface area contributed by atoms with Gasteiger partial charge in [-0.2, -0.15) is 0 Å². The largest absolute Gasteiger partial charge is 0.289 e. The van der Waals surface area contributed by atoms with E-state index in [2.05, 4.69) is 18.2 Å². The third-order valence-electron chi connectivity index (χ3n) is 5.03. The summed E-state index contributed by atoms with van der Waals surface area (Å²) in [4.78, 5) is 25.7. The standard InChI is InChI=1S/C24H14O2/c25-23-19-9-3-4-10-20(19)24(26)22-14-16(12-13-21(22)23)18-11-5-7-15-6-1-2-8-17(15)18/h1-14H. The minimum Gasteiger partial charge on any atom is -0.289 e. The van der Waals surface area contributed by atoms with Crippen LogP contribution in [0.1, 0.15) is 31.8 Å². The van der Waals surface area contributed by atoms with Crippen molar-refractivity contribution >= 4 is 22.3 Å². The molecule has 0 fully saturated rings. The van der Waals surface area contributed by atoms with Gasteiger partial charge in [0.1, 0.15) is 0 Å². The minimum atomic E-state index is -0.0858. The fourth-order valence-electron chi connectivity index (χ4n) is 3.74. The van der Waals surface area contributed by atoms with E-state index in [1.54, 1.807) is 30.3 Å². The molecule has 0 saturated heterocycles. The van der Waals surface area contributed by atoms with E-state index in [1.807, 2.05) is 36.4 Å². The summed E-state index contributed by atoms with van der Waals surface area (Å²) in [5, 5.41) is 2.28. The Bertz CT molecular complexity index is 1210. The van der Waals surface area contributed by atoms with Crippen LogP contribution in [0.2, 0.25) is 0 Å². The number of hydrogen-bond acceptors (Lipinski definition) is 2. The van der Waals surface area contributed by atoms with Crippen molar-refractivity contribution in [3.8, 4) is 11.1 Å². The van der Waals surface area contributed by atoms with Crippen molar-refractivity contribution in [1.82, 2.24) is 0 Å². The Hall–Kier alpha value is -3.52. The first-order valence-electron chi connectivity index (χ1n) is 8.54. The zero-order chi connectivity index (χ0) is 17.7. The third kappa shape index (κ3) is 2.06. The Balaban J connectivity index is 1.73. The van der Waals surface area contributed by atoms with Gasteiger partial charge in [0.05, 0.1) is 0 Å². The lowest BCUT2D eigenvalue weighted by atomic mass is 9.82. The van der Waals surface area contributed by atoms with Gasteiger partial charge >= 0.3 is 0 Å². The molecule has 0 saturated carbocycles. The van der Waals surface area contributed by atoms with E-state index in [0.29, 0.717) is 22.3 Å². The zero-order valence-electron chi connectivity index (χ0n) is 13.9. The maximum atomic E-state index is 12.9. The first kappa shape index (κ1) is 14.8. The predicted molar refractivity (Wildman–Crippen MR) is 103 cm³/mol. The fourth-order valence-corrected chi connectivity index (χ4v) is 3.74. The molecule has 1 aliphatic rings. The summed E-state index contributed by atoms with van der Waals surface area (Å²) in [6, 6.07) is 26.9. The van der Waals surface area contributed by atoms with Crippen molar-refractivity contribution < 1.29 is 9.59 Å².